The fourth-order valence-electron chi connectivity index (χ4n) is 4.56. The van der Waals surface area contributed by atoms with Crippen molar-refractivity contribution in [2.45, 2.75) is 168 Å². The molecule has 0 saturated heterocycles. The molecule has 0 amide bonds. The normalized spacial score (nSPS) is 11.9. The maximum atomic E-state index is 12.1. The lowest BCUT2D eigenvalue weighted by Gasteiger charge is -2.15. The van der Waals surface area contributed by atoms with Gasteiger partial charge >= 0.3 is 11.9 Å². The van der Waals surface area contributed by atoms with Gasteiger partial charge in [-0.1, -0.05) is 134 Å². The predicted molar refractivity (Wildman–Crippen MR) is 163 cm³/mol. The van der Waals surface area contributed by atoms with Gasteiger partial charge in [-0.25, -0.2) is 0 Å². The maximum Gasteiger partial charge on any atom is 0.306 e. The topological polar surface area (TPSA) is 89.9 Å². The average molecular weight is 573 g/mol. The summed E-state index contributed by atoms with van der Waals surface area (Å²) in [5, 5.41) is 9.69. The molecule has 0 spiro atoms. The van der Waals surface area contributed by atoms with Crippen molar-refractivity contribution in [3.05, 3.63) is 0 Å². The Morgan fingerprint density at radius 3 is 1.46 bits per heavy atom. The summed E-state index contributed by atoms with van der Waals surface area (Å²) in [5.41, 5.74) is 0. The first kappa shape index (κ1) is 37.9. The molecular weight excluding hydrogens is 512 g/mol. The second-order valence-corrected chi connectivity index (χ2v) is 12.2. The standard InChI is InChI=1S/C32H60O6S/c1-3-4-5-6-7-8-9-13-16-19-22-25-32(36)38-30(27-33)28-37-31(35)24-21-18-15-12-10-11-14-17-20-23-26-39-29(2)34/h30,33H,3-28H2,1-2H3/t30-/m0/s1. The van der Waals surface area contributed by atoms with Crippen LogP contribution in [-0.2, 0) is 23.9 Å². The van der Waals surface area contributed by atoms with E-state index in [2.05, 4.69) is 6.92 Å². The number of aliphatic hydroxyl groups is 1. The molecule has 0 heterocycles. The van der Waals surface area contributed by atoms with Crippen molar-refractivity contribution in [1.29, 1.82) is 0 Å². The monoisotopic (exact) mass is 572 g/mol. The van der Waals surface area contributed by atoms with Gasteiger partial charge in [-0.15, -0.1) is 0 Å². The van der Waals surface area contributed by atoms with E-state index in [4.69, 9.17) is 9.47 Å². The third-order valence-corrected chi connectivity index (χ3v) is 7.90. The number of carbonyl (C=O) groups is 3. The highest BCUT2D eigenvalue weighted by Gasteiger charge is 2.16. The molecule has 0 aliphatic rings. The van der Waals surface area contributed by atoms with Crippen LogP contribution in [0, 0.1) is 0 Å². The van der Waals surface area contributed by atoms with Gasteiger partial charge in [-0.05, 0) is 19.3 Å². The number of esters is 2. The minimum atomic E-state index is -0.776. The summed E-state index contributed by atoms with van der Waals surface area (Å²) in [6.07, 6.45) is 24.9. The number of thioether (sulfide) groups is 1. The predicted octanol–water partition coefficient (Wildman–Crippen LogP) is 8.71. The summed E-state index contributed by atoms with van der Waals surface area (Å²) in [5.74, 6) is 0.328. The number of hydrogen-bond donors (Lipinski definition) is 1. The molecule has 0 aliphatic carbocycles. The highest BCUT2D eigenvalue weighted by molar-refractivity contribution is 8.13. The van der Waals surface area contributed by atoms with Gasteiger partial charge in [0.15, 0.2) is 11.2 Å². The van der Waals surface area contributed by atoms with Crippen molar-refractivity contribution in [3.8, 4) is 0 Å². The molecule has 0 fully saturated rings. The van der Waals surface area contributed by atoms with Crippen molar-refractivity contribution >= 4 is 28.8 Å². The van der Waals surface area contributed by atoms with E-state index in [0.717, 1.165) is 50.7 Å². The number of rotatable bonds is 29. The second kappa shape index (κ2) is 29.9. The minimum Gasteiger partial charge on any atom is -0.462 e. The third-order valence-electron chi connectivity index (χ3n) is 7.00. The van der Waals surface area contributed by atoms with E-state index in [1.54, 1.807) is 6.92 Å². The first-order chi connectivity index (χ1) is 19.0. The first-order valence-corrected chi connectivity index (χ1v) is 17.1. The fraction of sp³-hybridized carbons (Fsp3) is 0.906. The smallest absolute Gasteiger partial charge is 0.306 e. The van der Waals surface area contributed by atoms with Gasteiger partial charge in [0, 0.05) is 25.5 Å². The van der Waals surface area contributed by atoms with Crippen LogP contribution in [-0.4, -0.2) is 47.2 Å². The van der Waals surface area contributed by atoms with Crippen LogP contribution in [0.3, 0.4) is 0 Å². The highest BCUT2D eigenvalue weighted by Crippen LogP contribution is 2.14. The lowest BCUT2D eigenvalue weighted by molar-refractivity contribution is -0.161. The second-order valence-electron chi connectivity index (χ2n) is 10.9. The van der Waals surface area contributed by atoms with E-state index in [1.807, 2.05) is 0 Å². The lowest BCUT2D eigenvalue weighted by atomic mass is 10.1. The molecule has 0 aromatic heterocycles. The fourth-order valence-corrected chi connectivity index (χ4v) is 5.20. The van der Waals surface area contributed by atoms with Crippen LogP contribution in [0.1, 0.15) is 162 Å². The number of ether oxygens (including phenoxy) is 2. The summed E-state index contributed by atoms with van der Waals surface area (Å²) >= 11 is 1.42. The van der Waals surface area contributed by atoms with Crippen LogP contribution in [0.2, 0.25) is 0 Å². The molecule has 1 N–H and O–H groups in total. The van der Waals surface area contributed by atoms with Crippen LogP contribution < -0.4 is 0 Å². The number of aliphatic hydroxyl groups excluding tert-OH is 1. The maximum absolute atomic E-state index is 12.1. The van der Waals surface area contributed by atoms with Crippen LogP contribution in [0.4, 0.5) is 0 Å². The summed E-state index contributed by atoms with van der Waals surface area (Å²) in [7, 11) is 0. The van der Waals surface area contributed by atoms with Crippen molar-refractivity contribution in [1.82, 2.24) is 0 Å². The molecule has 0 bridgehead atoms. The zero-order valence-electron chi connectivity index (χ0n) is 25.4. The SMILES string of the molecule is CCCCCCCCCCCCCC(=O)O[C@@H](CO)COC(=O)CCCCCCCCCCCCSC(C)=O. The minimum absolute atomic E-state index is 0.0766. The summed E-state index contributed by atoms with van der Waals surface area (Å²) in [6.45, 7) is 3.45. The third kappa shape index (κ3) is 29.7. The largest absolute Gasteiger partial charge is 0.462 e. The molecule has 0 aliphatic heterocycles. The van der Waals surface area contributed by atoms with Gasteiger partial charge in [0.2, 0.25) is 0 Å². The molecule has 0 rings (SSSR count). The molecule has 0 radical (unpaired) electrons. The highest BCUT2D eigenvalue weighted by atomic mass is 32.2. The number of carbonyl (C=O) groups excluding carboxylic acids is 3. The van der Waals surface area contributed by atoms with Crippen molar-refractivity contribution in [2.75, 3.05) is 19.0 Å². The summed E-state index contributed by atoms with van der Waals surface area (Å²) in [6, 6.07) is 0. The zero-order valence-corrected chi connectivity index (χ0v) is 26.2. The van der Waals surface area contributed by atoms with Crippen molar-refractivity contribution in [2.24, 2.45) is 0 Å². The Bertz CT molecular complexity index is 583. The summed E-state index contributed by atoms with van der Waals surface area (Å²) < 4.78 is 10.5. The van der Waals surface area contributed by atoms with E-state index in [0.29, 0.717) is 12.8 Å². The Morgan fingerprint density at radius 1 is 0.615 bits per heavy atom. The van der Waals surface area contributed by atoms with Crippen LogP contribution in [0.25, 0.3) is 0 Å². The van der Waals surface area contributed by atoms with Gasteiger partial charge in [0.1, 0.15) is 6.61 Å². The molecule has 1 atom stereocenters. The van der Waals surface area contributed by atoms with E-state index in [9.17, 15) is 19.5 Å². The van der Waals surface area contributed by atoms with Crippen molar-refractivity contribution in [3.63, 3.8) is 0 Å². The lowest BCUT2D eigenvalue weighted by Crippen LogP contribution is -2.28. The molecule has 230 valence electrons. The van der Waals surface area contributed by atoms with E-state index < -0.39 is 6.10 Å². The van der Waals surface area contributed by atoms with Crippen molar-refractivity contribution < 1.29 is 29.0 Å². The first-order valence-electron chi connectivity index (χ1n) is 16.1. The Hall–Kier alpha value is -1.08. The molecule has 0 aromatic rings. The van der Waals surface area contributed by atoms with Gasteiger partial charge in [-0.2, -0.15) is 0 Å². The van der Waals surface area contributed by atoms with Gasteiger partial charge in [0.05, 0.1) is 6.61 Å². The van der Waals surface area contributed by atoms with E-state index in [-0.39, 0.29) is 30.3 Å². The molecule has 7 heteroatoms. The van der Waals surface area contributed by atoms with Gasteiger partial charge < -0.3 is 14.6 Å². The molecule has 6 nitrogen and oxygen atoms in total. The van der Waals surface area contributed by atoms with Gasteiger partial charge in [-0.3, -0.25) is 14.4 Å². The Morgan fingerprint density at radius 2 is 1.03 bits per heavy atom. The number of unbranched alkanes of at least 4 members (excludes halogenated alkanes) is 19. The number of hydrogen-bond acceptors (Lipinski definition) is 7. The summed E-state index contributed by atoms with van der Waals surface area (Å²) in [4.78, 5) is 34.9. The van der Waals surface area contributed by atoms with Crippen LogP contribution in [0.15, 0.2) is 0 Å². The molecular formula is C32H60O6S. The zero-order chi connectivity index (χ0) is 28.8. The Kier molecular flexibility index (Phi) is 29.1. The van der Waals surface area contributed by atoms with Gasteiger partial charge in [0.25, 0.3) is 0 Å². The van der Waals surface area contributed by atoms with Crippen LogP contribution >= 0.6 is 11.8 Å². The molecule has 0 saturated carbocycles. The molecule has 0 unspecified atom stereocenters. The van der Waals surface area contributed by atoms with E-state index in [1.165, 1.54) is 102 Å². The van der Waals surface area contributed by atoms with E-state index >= 15 is 0 Å². The molecule has 39 heavy (non-hydrogen) atoms. The Balaban J connectivity index is 3.55. The molecule has 0 aromatic carbocycles. The average Bonchev–Trinajstić information content (AvgIpc) is 2.92. The Labute approximate surface area is 244 Å². The quantitative estimate of drug-likeness (QED) is 0.0708. The van der Waals surface area contributed by atoms with Crippen LogP contribution in [0.5, 0.6) is 0 Å².